The van der Waals surface area contributed by atoms with Gasteiger partial charge in [0.2, 0.25) is 5.88 Å². The molecular weight excluding hydrogens is 293 g/mol. The van der Waals surface area contributed by atoms with E-state index in [0.29, 0.717) is 13.2 Å². The number of hydrogen-bond donors (Lipinski definition) is 1. The average molecular weight is 319 g/mol. The summed E-state index contributed by atoms with van der Waals surface area (Å²) in [6.07, 6.45) is 0. The zero-order valence-electron chi connectivity index (χ0n) is 14.6. The molecule has 0 bridgehead atoms. The highest BCUT2D eigenvalue weighted by molar-refractivity contribution is 5.26. The van der Waals surface area contributed by atoms with Gasteiger partial charge in [0.25, 0.3) is 0 Å². The minimum Gasteiger partial charge on any atom is -0.473 e. The lowest BCUT2D eigenvalue weighted by atomic mass is 9.97. The van der Waals surface area contributed by atoms with E-state index in [9.17, 15) is 4.39 Å². The molecule has 126 valence electrons. The fourth-order valence-corrected chi connectivity index (χ4v) is 2.37. The number of hydrogen-bond acceptors (Lipinski definition) is 3. The molecule has 23 heavy (non-hydrogen) atoms. The van der Waals surface area contributed by atoms with Gasteiger partial charge in [-0.15, -0.1) is 0 Å². The van der Waals surface area contributed by atoms with E-state index >= 15 is 0 Å². The molecular formula is C18H26FN3O. The van der Waals surface area contributed by atoms with E-state index in [2.05, 4.69) is 31.2 Å². The molecule has 2 rings (SSSR count). The summed E-state index contributed by atoms with van der Waals surface area (Å²) < 4.78 is 21.1. The summed E-state index contributed by atoms with van der Waals surface area (Å²) in [7, 11) is 1.89. The average Bonchev–Trinajstić information content (AvgIpc) is 2.78. The Morgan fingerprint density at radius 1 is 1.26 bits per heavy atom. The third-order valence-electron chi connectivity index (χ3n) is 3.46. The standard InChI is InChI=1S/C18H26FN3O/c1-13-8-15(19)7-6-14(13)11-23-17-9-16(10-20-5)21-22(17)12-18(2,3)4/h6-9,20H,10-12H2,1-5H3. The summed E-state index contributed by atoms with van der Waals surface area (Å²) in [6.45, 7) is 10.3. The van der Waals surface area contributed by atoms with Crippen LogP contribution in [0.1, 0.15) is 37.6 Å². The van der Waals surface area contributed by atoms with Crippen molar-refractivity contribution >= 4 is 0 Å². The molecule has 0 fully saturated rings. The molecule has 1 N–H and O–H groups in total. The van der Waals surface area contributed by atoms with Gasteiger partial charge >= 0.3 is 0 Å². The van der Waals surface area contributed by atoms with Gasteiger partial charge in [0.1, 0.15) is 12.4 Å². The molecule has 0 aliphatic rings. The van der Waals surface area contributed by atoms with E-state index in [1.807, 2.05) is 24.7 Å². The van der Waals surface area contributed by atoms with Crippen LogP contribution in [0.25, 0.3) is 0 Å². The fourth-order valence-electron chi connectivity index (χ4n) is 2.37. The first-order chi connectivity index (χ1) is 10.8. The summed E-state index contributed by atoms with van der Waals surface area (Å²) in [5.74, 6) is 0.522. The van der Waals surface area contributed by atoms with Crippen LogP contribution in [0.5, 0.6) is 5.88 Å². The second-order valence-electron chi connectivity index (χ2n) is 7.08. The van der Waals surface area contributed by atoms with Crippen LogP contribution in [0.3, 0.4) is 0 Å². The predicted octanol–water partition coefficient (Wildman–Crippen LogP) is 3.68. The Labute approximate surface area is 137 Å². The minimum absolute atomic E-state index is 0.104. The van der Waals surface area contributed by atoms with Crippen molar-refractivity contribution in [2.24, 2.45) is 5.41 Å². The number of rotatable bonds is 6. The molecule has 1 aromatic heterocycles. The third-order valence-corrected chi connectivity index (χ3v) is 3.46. The zero-order valence-corrected chi connectivity index (χ0v) is 14.6. The number of nitrogens with zero attached hydrogens (tertiary/aromatic N) is 2. The highest BCUT2D eigenvalue weighted by atomic mass is 19.1. The molecule has 5 heteroatoms. The lowest BCUT2D eigenvalue weighted by Gasteiger charge is -2.20. The van der Waals surface area contributed by atoms with Gasteiger partial charge in [-0.2, -0.15) is 5.10 Å². The monoisotopic (exact) mass is 319 g/mol. The quantitative estimate of drug-likeness (QED) is 0.883. The molecule has 1 aromatic carbocycles. The smallest absolute Gasteiger partial charge is 0.212 e. The Morgan fingerprint density at radius 2 is 2.00 bits per heavy atom. The Kier molecular flexibility index (Phi) is 5.42. The van der Waals surface area contributed by atoms with Gasteiger partial charge in [0.05, 0.1) is 5.69 Å². The van der Waals surface area contributed by atoms with Crippen molar-refractivity contribution in [2.75, 3.05) is 7.05 Å². The van der Waals surface area contributed by atoms with Gasteiger partial charge in [0.15, 0.2) is 0 Å². The van der Waals surface area contributed by atoms with Gasteiger partial charge in [0, 0.05) is 19.2 Å². The van der Waals surface area contributed by atoms with Crippen LogP contribution in [0.4, 0.5) is 4.39 Å². The normalized spacial score (nSPS) is 11.7. The van der Waals surface area contributed by atoms with Crippen molar-refractivity contribution in [3.63, 3.8) is 0 Å². The SMILES string of the molecule is CNCc1cc(OCc2ccc(F)cc2C)n(CC(C)(C)C)n1. The van der Waals surface area contributed by atoms with Gasteiger partial charge < -0.3 is 10.1 Å². The molecule has 4 nitrogen and oxygen atoms in total. The topological polar surface area (TPSA) is 39.1 Å². The lowest BCUT2D eigenvalue weighted by molar-refractivity contribution is 0.242. The van der Waals surface area contributed by atoms with Gasteiger partial charge in [-0.3, -0.25) is 0 Å². The van der Waals surface area contributed by atoms with Crippen molar-refractivity contribution in [1.29, 1.82) is 0 Å². The number of benzene rings is 1. The Hall–Kier alpha value is -1.88. The first-order valence-corrected chi connectivity index (χ1v) is 7.87. The first kappa shape index (κ1) is 17.5. The Morgan fingerprint density at radius 3 is 2.61 bits per heavy atom. The van der Waals surface area contributed by atoms with Gasteiger partial charge in [-0.1, -0.05) is 26.8 Å². The molecule has 0 spiro atoms. The van der Waals surface area contributed by atoms with Crippen molar-refractivity contribution < 1.29 is 9.13 Å². The van der Waals surface area contributed by atoms with Crippen LogP contribution in [0.2, 0.25) is 0 Å². The molecule has 0 radical (unpaired) electrons. The van der Waals surface area contributed by atoms with E-state index in [-0.39, 0.29) is 11.2 Å². The molecule has 0 saturated carbocycles. The summed E-state index contributed by atoms with van der Waals surface area (Å²) in [5, 5.41) is 7.71. The Balaban J connectivity index is 2.16. The molecule has 2 aromatic rings. The molecule has 0 unspecified atom stereocenters. The van der Waals surface area contributed by atoms with E-state index in [1.54, 1.807) is 6.07 Å². The molecule has 0 amide bonds. The van der Waals surface area contributed by atoms with Crippen molar-refractivity contribution in [3.05, 3.63) is 46.9 Å². The second kappa shape index (κ2) is 7.13. The van der Waals surface area contributed by atoms with E-state index in [4.69, 9.17) is 4.74 Å². The molecule has 0 aliphatic heterocycles. The lowest BCUT2D eigenvalue weighted by Crippen LogP contribution is -2.18. The number of aryl methyl sites for hydroxylation is 1. The summed E-state index contributed by atoms with van der Waals surface area (Å²) >= 11 is 0. The van der Waals surface area contributed by atoms with Crippen LogP contribution >= 0.6 is 0 Å². The maximum absolute atomic E-state index is 13.2. The largest absolute Gasteiger partial charge is 0.473 e. The second-order valence-corrected chi connectivity index (χ2v) is 7.08. The maximum atomic E-state index is 13.2. The van der Waals surface area contributed by atoms with Crippen LogP contribution in [-0.2, 0) is 19.7 Å². The number of ether oxygens (including phenoxy) is 1. The summed E-state index contributed by atoms with van der Waals surface area (Å²) in [5.41, 5.74) is 2.92. The van der Waals surface area contributed by atoms with E-state index in [1.165, 1.54) is 12.1 Å². The van der Waals surface area contributed by atoms with Crippen LogP contribution in [0, 0.1) is 18.2 Å². The molecule has 1 heterocycles. The number of aromatic nitrogens is 2. The van der Waals surface area contributed by atoms with Crippen molar-refractivity contribution in [3.8, 4) is 5.88 Å². The minimum atomic E-state index is -0.222. The summed E-state index contributed by atoms with van der Waals surface area (Å²) in [4.78, 5) is 0. The molecule has 0 aliphatic carbocycles. The predicted molar refractivity (Wildman–Crippen MR) is 89.9 cm³/mol. The number of halogens is 1. The van der Waals surface area contributed by atoms with Crippen LogP contribution in [-0.4, -0.2) is 16.8 Å². The maximum Gasteiger partial charge on any atom is 0.212 e. The summed E-state index contributed by atoms with van der Waals surface area (Å²) in [6, 6.07) is 6.72. The third kappa shape index (κ3) is 5.06. The highest BCUT2D eigenvalue weighted by Gasteiger charge is 2.17. The van der Waals surface area contributed by atoms with Gasteiger partial charge in [-0.05, 0) is 42.6 Å². The van der Waals surface area contributed by atoms with Crippen LogP contribution < -0.4 is 10.1 Å². The number of nitrogens with one attached hydrogen (secondary N) is 1. The van der Waals surface area contributed by atoms with E-state index < -0.39 is 0 Å². The Bertz CT molecular complexity index is 659. The zero-order chi connectivity index (χ0) is 17.0. The van der Waals surface area contributed by atoms with E-state index in [0.717, 1.165) is 29.2 Å². The first-order valence-electron chi connectivity index (χ1n) is 7.87. The van der Waals surface area contributed by atoms with Crippen molar-refractivity contribution in [2.45, 2.75) is 47.4 Å². The fraction of sp³-hybridized carbons (Fsp3) is 0.500. The van der Waals surface area contributed by atoms with Crippen molar-refractivity contribution in [1.82, 2.24) is 15.1 Å². The highest BCUT2D eigenvalue weighted by Crippen LogP contribution is 2.23. The van der Waals surface area contributed by atoms with Crippen LogP contribution in [0.15, 0.2) is 24.3 Å². The molecule has 0 saturated heterocycles. The molecule has 0 atom stereocenters. The van der Waals surface area contributed by atoms with Gasteiger partial charge in [-0.25, -0.2) is 9.07 Å².